The van der Waals surface area contributed by atoms with E-state index >= 15 is 0 Å². The van der Waals surface area contributed by atoms with Crippen LogP contribution in [0.1, 0.15) is 44.9 Å². The van der Waals surface area contributed by atoms with E-state index in [0.29, 0.717) is 31.2 Å². The fourth-order valence-corrected chi connectivity index (χ4v) is 5.84. The van der Waals surface area contributed by atoms with Crippen molar-refractivity contribution >= 4 is 17.6 Å². The molecule has 0 unspecified atom stereocenters. The normalized spacial score (nSPS) is 31.8. The molecule has 0 spiro atoms. The molecule has 1 N–H and O–H groups in total. The van der Waals surface area contributed by atoms with E-state index < -0.39 is 0 Å². The molecule has 1 saturated carbocycles. The third-order valence-electron chi connectivity index (χ3n) is 7.50. The van der Waals surface area contributed by atoms with E-state index in [1.807, 2.05) is 0 Å². The summed E-state index contributed by atoms with van der Waals surface area (Å²) in [5.41, 5.74) is 0. The predicted octanol–water partition coefficient (Wildman–Crippen LogP) is 2.34. The van der Waals surface area contributed by atoms with Crippen molar-refractivity contribution in [2.45, 2.75) is 57.0 Å². The second kappa shape index (κ2) is 7.58. The Morgan fingerprint density at radius 2 is 2.03 bits per heavy atom. The van der Waals surface area contributed by atoms with Gasteiger partial charge in [0, 0.05) is 44.2 Å². The molecule has 4 atom stereocenters. The number of halogens is 1. The number of piperidine rings is 3. The molecule has 2 bridgehead atoms. The number of aromatic nitrogens is 1. The molecule has 0 radical (unpaired) electrons. The summed E-state index contributed by atoms with van der Waals surface area (Å²) >= 11 is 0. The van der Waals surface area contributed by atoms with Gasteiger partial charge >= 0.3 is 0 Å². The summed E-state index contributed by atoms with van der Waals surface area (Å²) in [6.07, 6.45) is 8.25. The highest BCUT2D eigenvalue weighted by Gasteiger charge is 2.49. The van der Waals surface area contributed by atoms with Crippen LogP contribution in [0, 0.1) is 23.6 Å². The molecule has 4 aliphatic rings. The maximum atomic E-state index is 14.4. The van der Waals surface area contributed by atoms with E-state index in [4.69, 9.17) is 0 Å². The minimum absolute atomic E-state index is 0.0114. The van der Waals surface area contributed by atoms with Crippen molar-refractivity contribution in [3.63, 3.8) is 0 Å². The van der Waals surface area contributed by atoms with Gasteiger partial charge in [-0.2, -0.15) is 0 Å². The number of pyridine rings is 1. The van der Waals surface area contributed by atoms with Crippen molar-refractivity contribution in [1.29, 1.82) is 0 Å². The Morgan fingerprint density at radius 1 is 1.21 bits per heavy atom. The third kappa shape index (κ3) is 3.38. The summed E-state index contributed by atoms with van der Waals surface area (Å²) in [7, 11) is 0. The second-order valence-electron chi connectivity index (χ2n) is 9.17. The highest BCUT2D eigenvalue weighted by atomic mass is 19.1. The molecular weight excluding hydrogens is 371 g/mol. The van der Waals surface area contributed by atoms with Gasteiger partial charge in [-0.05, 0) is 56.1 Å². The maximum absolute atomic E-state index is 14.4. The van der Waals surface area contributed by atoms with Crippen LogP contribution < -0.4 is 10.2 Å². The van der Waals surface area contributed by atoms with Crippen LogP contribution in [0.2, 0.25) is 0 Å². The van der Waals surface area contributed by atoms with Gasteiger partial charge in [0.2, 0.25) is 11.8 Å². The van der Waals surface area contributed by atoms with Crippen LogP contribution in [0.4, 0.5) is 10.2 Å². The van der Waals surface area contributed by atoms with E-state index in [1.54, 1.807) is 12.3 Å². The number of nitrogens with zero attached hydrogens (tertiary/aromatic N) is 3. The zero-order valence-corrected chi connectivity index (χ0v) is 16.7. The van der Waals surface area contributed by atoms with Crippen LogP contribution in [0.3, 0.4) is 0 Å². The Kier molecular flexibility index (Phi) is 4.92. The minimum atomic E-state index is -0.293. The maximum Gasteiger partial charge on any atom is 0.223 e. The summed E-state index contributed by atoms with van der Waals surface area (Å²) in [5.74, 6) is 1.16. The number of fused-ring (bicyclic) bond motifs is 4. The first-order valence-electron chi connectivity index (χ1n) is 11.1. The molecule has 6 nitrogen and oxygen atoms in total. The predicted molar refractivity (Wildman–Crippen MR) is 107 cm³/mol. The number of nitrogens with one attached hydrogen (secondary N) is 1. The van der Waals surface area contributed by atoms with Gasteiger partial charge in [-0.3, -0.25) is 9.59 Å². The first-order valence-corrected chi connectivity index (χ1v) is 11.1. The van der Waals surface area contributed by atoms with Crippen molar-refractivity contribution in [2.24, 2.45) is 17.8 Å². The quantitative estimate of drug-likeness (QED) is 0.843. The largest absolute Gasteiger partial charge is 0.354 e. The van der Waals surface area contributed by atoms with Gasteiger partial charge in [0.1, 0.15) is 0 Å². The van der Waals surface area contributed by atoms with Gasteiger partial charge in [0.25, 0.3) is 0 Å². The summed E-state index contributed by atoms with van der Waals surface area (Å²) < 4.78 is 14.4. The molecular formula is C22H29FN4O2. The number of rotatable bonds is 4. The first-order chi connectivity index (χ1) is 14.1. The number of carbonyl (C=O) groups is 2. The molecule has 7 heteroatoms. The molecule has 1 aliphatic carbocycles. The number of hydrogen-bond acceptors (Lipinski definition) is 4. The zero-order valence-electron chi connectivity index (χ0n) is 16.7. The van der Waals surface area contributed by atoms with Gasteiger partial charge < -0.3 is 15.1 Å². The average molecular weight is 400 g/mol. The van der Waals surface area contributed by atoms with Crippen molar-refractivity contribution in [3.05, 3.63) is 24.1 Å². The van der Waals surface area contributed by atoms with Crippen molar-refractivity contribution in [1.82, 2.24) is 15.2 Å². The van der Waals surface area contributed by atoms with E-state index in [-0.39, 0.29) is 41.6 Å². The molecule has 3 saturated heterocycles. The second-order valence-corrected chi connectivity index (χ2v) is 9.17. The number of amides is 2. The summed E-state index contributed by atoms with van der Waals surface area (Å²) in [6, 6.07) is 3.25. The monoisotopic (exact) mass is 400 g/mol. The third-order valence-corrected chi connectivity index (χ3v) is 7.50. The van der Waals surface area contributed by atoms with Gasteiger partial charge in [-0.15, -0.1) is 0 Å². The Labute approximate surface area is 170 Å². The van der Waals surface area contributed by atoms with E-state index in [1.165, 1.54) is 6.07 Å². The molecule has 1 aromatic rings. The molecule has 156 valence electrons. The fraction of sp³-hybridized carbons (Fsp3) is 0.682. The van der Waals surface area contributed by atoms with Crippen LogP contribution >= 0.6 is 0 Å². The van der Waals surface area contributed by atoms with Crippen molar-refractivity contribution in [3.8, 4) is 0 Å². The molecule has 4 heterocycles. The lowest BCUT2D eigenvalue weighted by atomic mass is 9.72. The Hall–Kier alpha value is -2.18. The van der Waals surface area contributed by atoms with Gasteiger partial charge in [0.05, 0.1) is 6.04 Å². The molecule has 29 heavy (non-hydrogen) atoms. The molecule has 5 rings (SSSR count). The number of carbonyl (C=O) groups excluding carboxylic acids is 2. The van der Waals surface area contributed by atoms with Crippen molar-refractivity contribution < 1.29 is 14.0 Å². The summed E-state index contributed by atoms with van der Waals surface area (Å²) in [6.45, 7) is 1.92. The van der Waals surface area contributed by atoms with Crippen LogP contribution in [-0.4, -0.2) is 53.4 Å². The van der Waals surface area contributed by atoms with E-state index in [0.717, 1.165) is 45.1 Å². The number of hydrogen-bond donors (Lipinski definition) is 1. The van der Waals surface area contributed by atoms with Crippen LogP contribution in [-0.2, 0) is 9.59 Å². The van der Waals surface area contributed by atoms with E-state index in [2.05, 4.69) is 20.1 Å². The molecule has 4 fully saturated rings. The number of anilines is 1. The van der Waals surface area contributed by atoms with Crippen LogP contribution in [0.5, 0.6) is 0 Å². The topological polar surface area (TPSA) is 65.5 Å². The van der Waals surface area contributed by atoms with Crippen LogP contribution in [0.25, 0.3) is 0 Å². The minimum Gasteiger partial charge on any atom is -0.354 e. The van der Waals surface area contributed by atoms with Crippen molar-refractivity contribution in [2.75, 3.05) is 24.5 Å². The highest BCUT2D eigenvalue weighted by Crippen LogP contribution is 2.42. The fourth-order valence-electron chi connectivity index (χ4n) is 5.84. The zero-order chi connectivity index (χ0) is 20.0. The smallest absolute Gasteiger partial charge is 0.223 e. The summed E-state index contributed by atoms with van der Waals surface area (Å²) in [4.78, 5) is 33.7. The summed E-state index contributed by atoms with van der Waals surface area (Å²) in [5, 5.41) is 3.14. The molecule has 0 aromatic carbocycles. The Balaban J connectivity index is 1.38. The SMILES string of the molecule is O=C(NC[C@H]1[C@H]2C[C@H](CN(c3ncccc3F)C2)[C@@H]2CCCC(=O)N21)C1CCC1. The highest BCUT2D eigenvalue weighted by molar-refractivity contribution is 5.80. The molecule has 3 aliphatic heterocycles. The van der Waals surface area contributed by atoms with Gasteiger partial charge in [-0.1, -0.05) is 6.42 Å². The lowest BCUT2D eigenvalue weighted by molar-refractivity contribution is -0.149. The molecule has 2 amide bonds. The van der Waals surface area contributed by atoms with E-state index in [9.17, 15) is 14.0 Å². The van der Waals surface area contributed by atoms with Gasteiger partial charge in [0.15, 0.2) is 11.6 Å². The standard InChI is InChI=1S/C22H29FN4O2/c23-17-6-3-9-24-21(17)26-12-15-10-16(13-26)19(11-25-22(29)14-4-1-5-14)27-18(15)7-2-8-20(27)28/h3,6,9,14-16,18-19H,1-2,4-5,7-8,10-13H2,(H,25,29)/t15-,16+,18+,19+/m1/s1. The lowest BCUT2D eigenvalue weighted by Crippen LogP contribution is -2.67. The Morgan fingerprint density at radius 3 is 2.79 bits per heavy atom. The lowest BCUT2D eigenvalue weighted by Gasteiger charge is -2.56. The molecule has 1 aromatic heterocycles. The Bertz CT molecular complexity index is 799. The van der Waals surface area contributed by atoms with Gasteiger partial charge in [-0.25, -0.2) is 9.37 Å². The van der Waals surface area contributed by atoms with Crippen LogP contribution in [0.15, 0.2) is 18.3 Å². The average Bonchev–Trinajstić information content (AvgIpc) is 2.67. The first kappa shape index (κ1) is 18.8.